The summed E-state index contributed by atoms with van der Waals surface area (Å²) >= 11 is 0. The molecular formula is C20H15N3O3. The van der Waals surface area contributed by atoms with Crippen molar-refractivity contribution in [3.63, 3.8) is 0 Å². The molecule has 0 unspecified atom stereocenters. The Hall–Kier alpha value is -3.54. The van der Waals surface area contributed by atoms with Crippen LogP contribution in [0.25, 0.3) is 28.2 Å². The number of rotatable bonds is 3. The lowest BCUT2D eigenvalue weighted by molar-refractivity contribution is 0.174. The highest BCUT2D eigenvalue weighted by Crippen LogP contribution is 2.35. The van der Waals surface area contributed by atoms with E-state index in [-0.39, 0.29) is 6.79 Å². The van der Waals surface area contributed by atoms with Crippen molar-refractivity contribution in [2.24, 2.45) is 0 Å². The monoisotopic (exact) mass is 345 g/mol. The molecule has 0 bridgehead atoms. The normalized spacial score (nSPS) is 12.5. The largest absolute Gasteiger partial charge is 0.497 e. The van der Waals surface area contributed by atoms with Gasteiger partial charge in [0.2, 0.25) is 6.79 Å². The lowest BCUT2D eigenvalue weighted by Gasteiger charge is -2.07. The molecule has 0 atom stereocenters. The van der Waals surface area contributed by atoms with E-state index in [2.05, 4.69) is 10.2 Å². The van der Waals surface area contributed by atoms with Crippen LogP contribution in [0.15, 0.2) is 60.8 Å². The lowest BCUT2D eigenvalue weighted by atomic mass is 10.1. The minimum Gasteiger partial charge on any atom is -0.497 e. The van der Waals surface area contributed by atoms with Crippen molar-refractivity contribution in [1.82, 2.24) is 14.6 Å². The predicted octanol–water partition coefficient (Wildman–Crippen LogP) is 3.80. The Morgan fingerprint density at radius 3 is 2.69 bits per heavy atom. The van der Waals surface area contributed by atoms with Crippen LogP contribution >= 0.6 is 0 Å². The summed E-state index contributed by atoms with van der Waals surface area (Å²) in [5.74, 6) is 3.05. The van der Waals surface area contributed by atoms with Crippen molar-refractivity contribution in [2.75, 3.05) is 13.9 Å². The fourth-order valence-corrected chi connectivity index (χ4v) is 3.10. The minimum atomic E-state index is 0.249. The molecule has 5 rings (SSSR count). The van der Waals surface area contributed by atoms with Crippen molar-refractivity contribution in [2.45, 2.75) is 0 Å². The van der Waals surface area contributed by atoms with E-state index in [0.717, 1.165) is 45.4 Å². The van der Waals surface area contributed by atoms with E-state index in [1.165, 1.54) is 0 Å². The van der Waals surface area contributed by atoms with E-state index in [1.807, 2.05) is 65.2 Å². The number of methoxy groups -OCH3 is 1. The summed E-state index contributed by atoms with van der Waals surface area (Å²) in [5, 5.41) is 8.62. The van der Waals surface area contributed by atoms with Gasteiger partial charge >= 0.3 is 0 Å². The van der Waals surface area contributed by atoms with Gasteiger partial charge in [0, 0.05) is 11.8 Å². The van der Waals surface area contributed by atoms with Gasteiger partial charge in [0.05, 0.1) is 7.11 Å². The number of nitrogens with zero attached hydrogens (tertiary/aromatic N) is 3. The topological polar surface area (TPSA) is 57.9 Å². The van der Waals surface area contributed by atoms with Crippen LogP contribution in [0.5, 0.6) is 17.2 Å². The fourth-order valence-electron chi connectivity index (χ4n) is 3.10. The van der Waals surface area contributed by atoms with Crippen LogP contribution in [0.3, 0.4) is 0 Å². The number of fused-ring (bicyclic) bond motifs is 2. The Morgan fingerprint density at radius 2 is 1.77 bits per heavy atom. The highest BCUT2D eigenvalue weighted by molar-refractivity contribution is 5.69. The molecular weight excluding hydrogens is 330 g/mol. The molecule has 26 heavy (non-hydrogen) atoms. The molecule has 0 saturated carbocycles. The standard InChI is InChI=1S/C20H15N3O3/c1-24-16-4-2-3-13(9-16)15-6-8-19-21-22-20(23(19)11-15)14-5-7-17-18(10-14)26-12-25-17/h2-11H,12H2,1H3. The zero-order valence-corrected chi connectivity index (χ0v) is 14.0. The molecule has 1 aliphatic heterocycles. The molecule has 6 heteroatoms. The van der Waals surface area contributed by atoms with E-state index in [4.69, 9.17) is 14.2 Å². The second kappa shape index (κ2) is 5.77. The van der Waals surface area contributed by atoms with Crippen molar-refractivity contribution >= 4 is 5.65 Å². The first-order chi connectivity index (χ1) is 12.8. The van der Waals surface area contributed by atoms with Crippen LogP contribution in [0.4, 0.5) is 0 Å². The molecule has 2 aromatic carbocycles. The van der Waals surface area contributed by atoms with Gasteiger partial charge in [-0.2, -0.15) is 0 Å². The van der Waals surface area contributed by atoms with Crippen molar-refractivity contribution < 1.29 is 14.2 Å². The molecule has 128 valence electrons. The average molecular weight is 345 g/mol. The smallest absolute Gasteiger partial charge is 0.231 e. The Labute approximate surface area is 149 Å². The van der Waals surface area contributed by atoms with Crippen molar-refractivity contribution in [1.29, 1.82) is 0 Å². The third kappa shape index (κ3) is 2.35. The summed E-state index contributed by atoms with van der Waals surface area (Å²) in [4.78, 5) is 0. The number of pyridine rings is 1. The van der Waals surface area contributed by atoms with Gasteiger partial charge in [-0.25, -0.2) is 0 Å². The summed E-state index contributed by atoms with van der Waals surface area (Å²) in [6.45, 7) is 0.249. The lowest BCUT2D eigenvalue weighted by Crippen LogP contribution is -1.93. The van der Waals surface area contributed by atoms with Crippen LogP contribution < -0.4 is 14.2 Å². The molecule has 1 aliphatic rings. The molecule has 0 aliphatic carbocycles. The molecule has 0 amide bonds. The van der Waals surface area contributed by atoms with E-state index in [9.17, 15) is 0 Å². The SMILES string of the molecule is COc1cccc(-c2ccc3nnc(-c4ccc5c(c4)OCO5)n3c2)c1. The van der Waals surface area contributed by atoms with Crippen molar-refractivity contribution in [3.05, 3.63) is 60.8 Å². The van der Waals surface area contributed by atoms with Crippen LogP contribution in [-0.4, -0.2) is 28.5 Å². The third-order valence-corrected chi connectivity index (χ3v) is 4.44. The number of hydrogen-bond acceptors (Lipinski definition) is 5. The first-order valence-electron chi connectivity index (χ1n) is 8.21. The maximum Gasteiger partial charge on any atom is 0.231 e. The fraction of sp³-hybridized carbons (Fsp3) is 0.100. The summed E-state index contributed by atoms with van der Waals surface area (Å²) in [7, 11) is 1.67. The quantitative estimate of drug-likeness (QED) is 0.565. The first-order valence-corrected chi connectivity index (χ1v) is 8.21. The molecule has 4 aromatic rings. The van der Waals surface area contributed by atoms with Gasteiger partial charge in [-0.05, 0) is 53.6 Å². The Kier molecular flexibility index (Phi) is 3.28. The molecule has 2 aromatic heterocycles. The molecule has 0 spiro atoms. The predicted molar refractivity (Wildman–Crippen MR) is 96.5 cm³/mol. The maximum absolute atomic E-state index is 5.47. The third-order valence-electron chi connectivity index (χ3n) is 4.44. The second-order valence-electron chi connectivity index (χ2n) is 5.97. The number of benzene rings is 2. The van der Waals surface area contributed by atoms with Crippen LogP contribution in [0.2, 0.25) is 0 Å². The highest BCUT2D eigenvalue weighted by atomic mass is 16.7. The minimum absolute atomic E-state index is 0.249. The molecule has 0 radical (unpaired) electrons. The zero-order valence-electron chi connectivity index (χ0n) is 14.0. The summed E-state index contributed by atoms with van der Waals surface area (Å²) < 4.78 is 18.2. The van der Waals surface area contributed by atoms with Crippen LogP contribution in [-0.2, 0) is 0 Å². The van der Waals surface area contributed by atoms with E-state index in [1.54, 1.807) is 7.11 Å². The number of ether oxygens (including phenoxy) is 3. The van der Waals surface area contributed by atoms with Crippen molar-refractivity contribution in [3.8, 4) is 39.8 Å². The van der Waals surface area contributed by atoms with Gasteiger partial charge in [-0.15, -0.1) is 10.2 Å². The second-order valence-corrected chi connectivity index (χ2v) is 5.97. The van der Waals surface area contributed by atoms with Crippen LogP contribution in [0.1, 0.15) is 0 Å². The van der Waals surface area contributed by atoms with Gasteiger partial charge in [-0.3, -0.25) is 4.40 Å². The molecule has 6 nitrogen and oxygen atoms in total. The van der Waals surface area contributed by atoms with E-state index >= 15 is 0 Å². The van der Waals surface area contributed by atoms with Gasteiger partial charge in [-0.1, -0.05) is 12.1 Å². The van der Waals surface area contributed by atoms with E-state index in [0.29, 0.717) is 0 Å². The Balaban J connectivity index is 1.63. The molecule has 0 fully saturated rings. The van der Waals surface area contributed by atoms with E-state index < -0.39 is 0 Å². The maximum atomic E-state index is 5.47. The summed E-state index contributed by atoms with van der Waals surface area (Å²) in [5.41, 5.74) is 3.82. The zero-order chi connectivity index (χ0) is 17.5. The van der Waals surface area contributed by atoms with Crippen LogP contribution in [0, 0.1) is 0 Å². The first kappa shape index (κ1) is 14.8. The molecule has 0 N–H and O–H groups in total. The Bertz CT molecular complexity index is 1120. The number of hydrogen-bond donors (Lipinski definition) is 0. The molecule has 3 heterocycles. The summed E-state index contributed by atoms with van der Waals surface area (Å²) in [6, 6.07) is 17.7. The van der Waals surface area contributed by atoms with Gasteiger partial charge in [0.15, 0.2) is 23.0 Å². The Morgan fingerprint density at radius 1 is 0.885 bits per heavy atom. The highest BCUT2D eigenvalue weighted by Gasteiger charge is 2.16. The van der Waals surface area contributed by atoms with Gasteiger partial charge in [0.25, 0.3) is 0 Å². The van der Waals surface area contributed by atoms with Gasteiger partial charge in [0.1, 0.15) is 5.75 Å². The molecule has 0 saturated heterocycles. The van der Waals surface area contributed by atoms with Gasteiger partial charge < -0.3 is 14.2 Å². The average Bonchev–Trinajstić information content (AvgIpc) is 3.33. The number of aromatic nitrogens is 3. The summed E-state index contributed by atoms with van der Waals surface area (Å²) in [6.07, 6.45) is 2.03.